The van der Waals surface area contributed by atoms with Gasteiger partial charge in [-0.2, -0.15) is 0 Å². The molecule has 0 aromatic carbocycles. The summed E-state index contributed by atoms with van der Waals surface area (Å²) < 4.78 is 2.45. The maximum Gasteiger partial charge on any atom is 0.170 e. The van der Waals surface area contributed by atoms with E-state index in [1.807, 2.05) is 12.3 Å². The molecule has 29 heavy (non-hydrogen) atoms. The molecule has 5 nitrogen and oxygen atoms in total. The average Bonchev–Trinajstić information content (AvgIpc) is 3.34. The van der Waals surface area contributed by atoms with E-state index in [0.29, 0.717) is 6.04 Å². The number of thiocarbonyl (C=S) groups is 1. The summed E-state index contributed by atoms with van der Waals surface area (Å²) in [7, 11) is 4.25. The Morgan fingerprint density at radius 3 is 2.72 bits per heavy atom. The van der Waals surface area contributed by atoms with Crippen LogP contribution in [0.1, 0.15) is 67.9 Å². The Balaban J connectivity index is 1.60. The summed E-state index contributed by atoms with van der Waals surface area (Å²) in [4.78, 5) is 9.25. The van der Waals surface area contributed by atoms with Crippen LogP contribution in [0.2, 0.25) is 0 Å². The quantitative estimate of drug-likeness (QED) is 0.687. The van der Waals surface area contributed by atoms with Gasteiger partial charge in [0.2, 0.25) is 0 Å². The van der Waals surface area contributed by atoms with Crippen LogP contribution in [0.4, 0.5) is 0 Å². The molecule has 1 aliphatic heterocycles. The van der Waals surface area contributed by atoms with Gasteiger partial charge in [0.25, 0.3) is 0 Å². The van der Waals surface area contributed by atoms with Crippen LogP contribution in [0.25, 0.3) is 0 Å². The largest absolute Gasteiger partial charge is 0.352 e. The Bertz CT molecular complexity index is 797. The first-order chi connectivity index (χ1) is 14.1. The Labute approximate surface area is 180 Å². The van der Waals surface area contributed by atoms with Crippen LogP contribution in [-0.4, -0.2) is 51.6 Å². The molecule has 4 rings (SSSR count). The Morgan fingerprint density at radius 2 is 2.00 bits per heavy atom. The van der Waals surface area contributed by atoms with Crippen molar-refractivity contribution in [2.24, 2.45) is 0 Å². The van der Waals surface area contributed by atoms with Crippen molar-refractivity contribution in [1.82, 2.24) is 24.7 Å². The first-order valence-corrected chi connectivity index (χ1v) is 11.3. The maximum absolute atomic E-state index is 5.77. The van der Waals surface area contributed by atoms with Gasteiger partial charge < -0.3 is 19.7 Å². The summed E-state index contributed by atoms with van der Waals surface area (Å²) in [5.74, 6) is 0. The summed E-state index contributed by atoms with van der Waals surface area (Å²) in [5, 5.41) is 4.41. The van der Waals surface area contributed by atoms with Crippen molar-refractivity contribution < 1.29 is 0 Å². The highest BCUT2D eigenvalue weighted by Gasteiger charge is 2.39. The van der Waals surface area contributed by atoms with Crippen molar-refractivity contribution in [3.05, 3.63) is 54.1 Å². The van der Waals surface area contributed by atoms with Crippen LogP contribution in [0.5, 0.6) is 0 Å². The molecular formula is C23H33N5S. The van der Waals surface area contributed by atoms with Gasteiger partial charge in [-0.05, 0) is 75.9 Å². The van der Waals surface area contributed by atoms with Gasteiger partial charge in [0.1, 0.15) is 0 Å². The SMILES string of the molecule is CN(C)CCCN1C(=S)N[C@H](c2ccccn2)[C@H]1c1ccn(C2CCCCC2)c1. The van der Waals surface area contributed by atoms with Crippen LogP contribution in [0.3, 0.4) is 0 Å². The standard InChI is InChI=1S/C23H33N5S/c1-26(2)14-8-15-28-22(21(25-23(28)29)20-11-6-7-13-24-20)18-12-16-27(17-18)19-9-4-3-5-10-19/h6-7,11-13,16-17,19,21-22H,3-5,8-10,14-15H2,1-2H3,(H,25,29)/t21-,22-/m1/s1. The van der Waals surface area contributed by atoms with Gasteiger partial charge in [-0.1, -0.05) is 25.3 Å². The van der Waals surface area contributed by atoms with Gasteiger partial charge in [0.15, 0.2) is 5.11 Å². The highest BCUT2D eigenvalue weighted by molar-refractivity contribution is 7.80. The predicted molar refractivity (Wildman–Crippen MR) is 122 cm³/mol. The minimum Gasteiger partial charge on any atom is -0.352 e. The summed E-state index contributed by atoms with van der Waals surface area (Å²) in [6, 6.07) is 9.36. The zero-order valence-corrected chi connectivity index (χ0v) is 18.4. The minimum absolute atomic E-state index is 0.0882. The van der Waals surface area contributed by atoms with Gasteiger partial charge >= 0.3 is 0 Å². The molecule has 0 amide bonds. The Hall–Kier alpha value is -1.92. The molecule has 6 heteroatoms. The fourth-order valence-electron chi connectivity index (χ4n) is 4.78. The van der Waals surface area contributed by atoms with E-state index in [1.165, 1.54) is 37.7 Å². The Morgan fingerprint density at radius 1 is 1.17 bits per heavy atom. The van der Waals surface area contributed by atoms with E-state index in [0.717, 1.165) is 30.3 Å². The molecule has 2 aromatic rings. The molecule has 1 aliphatic carbocycles. The van der Waals surface area contributed by atoms with E-state index in [1.54, 1.807) is 0 Å². The molecule has 3 heterocycles. The van der Waals surface area contributed by atoms with Crippen molar-refractivity contribution >= 4 is 17.3 Å². The lowest BCUT2D eigenvalue weighted by Gasteiger charge is -2.28. The second-order valence-corrected chi connectivity index (χ2v) is 9.05. The molecule has 2 aliphatic rings. The lowest BCUT2D eigenvalue weighted by molar-refractivity contribution is 0.292. The molecule has 1 saturated carbocycles. The monoisotopic (exact) mass is 411 g/mol. The summed E-state index contributed by atoms with van der Waals surface area (Å²) in [6.07, 6.45) is 14.3. The lowest BCUT2D eigenvalue weighted by Crippen LogP contribution is -2.32. The van der Waals surface area contributed by atoms with Gasteiger partial charge in [-0.15, -0.1) is 0 Å². The highest BCUT2D eigenvalue weighted by atomic mass is 32.1. The molecule has 2 atom stereocenters. The van der Waals surface area contributed by atoms with Gasteiger partial charge in [-0.3, -0.25) is 4.98 Å². The number of aromatic nitrogens is 2. The second-order valence-electron chi connectivity index (χ2n) is 8.66. The number of hydrogen-bond donors (Lipinski definition) is 1. The average molecular weight is 412 g/mol. The van der Waals surface area contributed by atoms with Crippen LogP contribution in [0.15, 0.2) is 42.9 Å². The fraction of sp³-hybridized carbons (Fsp3) is 0.565. The molecule has 156 valence electrons. The van der Waals surface area contributed by atoms with Crippen molar-refractivity contribution in [3.63, 3.8) is 0 Å². The molecule has 0 bridgehead atoms. The van der Waals surface area contributed by atoms with Gasteiger partial charge in [0, 0.05) is 31.2 Å². The van der Waals surface area contributed by atoms with E-state index in [9.17, 15) is 0 Å². The Kier molecular flexibility index (Phi) is 6.50. The summed E-state index contributed by atoms with van der Waals surface area (Å²) in [5.41, 5.74) is 2.39. The minimum atomic E-state index is 0.0882. The molecule has 0 unspecified atom stereocenters. The van der Waals surface area contributed by atoms with E-state index in [4.69, 9.17) is 12.2 Å². The summed E-state index contributed by atoms with van der Waals surface area (Å²) in [6.45, 7) is 2.01. The first kappa shape index (κ1) is 20.4. The van der Waals surface area contributed by atoms with Crippen LogP contribution in [0, 0.1) is 0 Å². The van der Waals surface area contributed by atoms with E-state index in [2.05, 4.69) is 69.4 Å². The maximum atomic E-state index is 5.77. The number of nitrogens with one attached hydrogen (secondary N) is 1. The van der Waals surface area contributed by atoms with Crippen molar-refractivity contribution in [1.29, 1.82) is 0 Å². The van der Waals surface area contributed by atoms with E-state index in [-0.39, 0.29) is 12.1 Å². The zero-order valence-electron chi connectivity index (χ0n) is 17.6. The van der Waals surface area contributed by atoms with Crippen LogP contribution >= 0.6 is 12.2 Å². The predicted octanol–water partition coefficient (Wildman–Crippen LogP) is 4.31. The van der Waals surface area contributed by atoms with Gasteiger partial charge in [-0.25, -0.2) is 0 Å². The topological polar surface area (TPSA) is 36.3 Å². The molecule has 1 saturated heterocycles. The number of pyridine rings is 1. The van der Waals surface area contributed by atoms with Crippen molar-refractivity contribution in [2.45, 2.75) is 56.7 Å². The molecular weight excluding hydrogens is 378 g/mol. The zero-order chi connectivity index (χ0) is 20.2. The molecule has 2 aromatic heterocycles. The fourth-order valence-corrected chi connectivity index (χ4v) is 5.11. The number of rotatable bonds is 7. The molecule has 2 fully saturated rings. The lowest BCUT2D eigenvalue weighted by atomic mass is 9.95. The molecule has 0 spiro atoms. The van der Waals surface area contributed by atoms with Crippen LogP contribution in [-0.2, 0) is 0 Å². The smallest absolute Gasteiger partial charge is 0.170 e. The van der Waals surface area contributed by atoms with Crippen LogP contribution < -0.4 is 5.32 Å². The first-order valence-electron chi connectivity index (χ1n) is 10.9. The normalized spacial score (nSPS) is 23.0. The molecule has 1 N–H and O–H groups in total. The molecule has 0 radical (unpaired) electrons. The second kappa shape index (κ2) is 9.26. The third-order valence-electron chi connectivity index (χ3n) is 6.28. The van der Waals surface area contributed by atoms with Gasteiger partial charge in [0.05, 0.1) is 17.8 Å². The third kappa shape index (κ3) is 4.64. The third-order valence-corrected chi connectivity index (χ3v) is 6.63. The van der Waals surface area contributed by atoms with E-state index < -0.39 is 0 Å². The summed E-state index contributed by atoms with van der Waals surface area (Å²) >= 11 is 5.77. The van der Waals surface area contributed by atoms with Crippen molar-refractivity contribution in [2.75, 3.05) is 27.2 Å². The highest BCUT2D eigenvalue weighted by Crippen LogP contribution is 2.39. The van der Waals surface area contributed by atoms with Crippen molar-refractivity contribution in [3.8, 4) is 0 Å². The van der Waals surface area contributed by atoms with E-state index >= 15 is 0 Å². The number of nitrogens with zero attached hydrogens (tertiary/aromatic N) is 4. The number of hydrogen-bond acceptors (Lipinski definition) is 3.